The summed E-state index contributed by atoms with van der Waals surface area (Å²) < 4.78 is 17.5. The first-order chi connectivity index (χ1) is 15.4. The molecule has 1 aliphatic rings. The van der Waals surface area contributed by atoms with Crippen molar-refractivity contribution in [1.29, 1.82) is 0 Å². The number of carbonyl (C=O) groups excluding carboxylic acids is 1. The molecule has 0 spiro atoms. The van der Waals surface area contributed by atoms with Gasteiger partial charge in [-0.1, -0.05) is 12.1 Å². The molecule has 0 bridgehead atoms. The van der Waals surface area contributed by atoms with E-state index in [2.05, 4.69) is 25.5 Å². The molecule has 1 N–H and O–H groups in total. The zero-order valence-corrected chi connectivity index (χ0v) is 18.1. The Hall–Kier alpha value is -3.88. The predicted molar refractivity (Wildman–Crippen MR) is 117 cm³/mol. The first-order valence-corrected chi connectivity index (χ1v) is 10.5. The Kier molecular flexibility index (Phi) is 4.80. The van der Waals surface area contributed by atoms with Gasteiger partial charge in [0.15, 0.2) is 5.69 Å². The third kappa shape index (κ3) is 3.45. The monoisotopic (exact) mass is 431 g/mol. The van der Waals surface area contributed by atoms with Crippen molar-refractivity contribution in [3.63, 3.8) is 0 Å². The van der Waals surface area contributed by atoms with Gasteiger partial charge in [-0.05, 0) is 58.2 Å². The molecule has 1 aromatic carbocycles. The highest BCUT2D eigenvalue weighted by molar-refractivity contribution is 6.04. The minimum atomic E-state index is -0.377. The Morgan fingerprint density at radius 3 is 2.47 bits per heavy atom. The number of carbonyl (C=O) groups is 1. The number of fused-ring (bicyclic) bond motifs is 1. The van der Waals surface area contributed by atoms with E-state index >= 15 is 0 Å². The highest BCUT2D eigenvalue weighted by Crippen LogP contribution is 2.29. The van der Waals surface area contributed by atoms with Crippen LogP contribution in [-0.2, 0) is 12.8 Å². The highest BCUT2D eigenvalue weighted by atomic mass is 19.1. The van der Waals surface area contributed by atoms with E-state index in [1.54, 1.807) is 28.9 Å². The number of para-hydroxylation sites is 1. The maximum absolute atomic E-state index is 14.4. The second-order valence-electron chi connectivity index (χ2n) is 7.98. The van der Waals surface area contributed by atoms with Crippen LogP contribution in [-0.4, -0.2) is 35.4 Å². The van der Waals surface area contributed by atoms with E-state index < -0.39 is 0 Å². The summed E-state index contributed by atoms with van der Waals surface area (Å²) >= 11 is 0. The standard InChI is InChI=1S/C23H22FN7O/c1-13-11-14(2)26-23(25-13)31-20(12-15(3)28-31)27-22(32)21-16-7-6-10-18(16)30(29-21)19-9-5-4-8-17(19)24/h4-5,8-9,11-12H,6-7,10H2,1-3H3,(H,27,32). The Labute approximate surface area is 184 Å². The van der Waals surface area contributed by atoms with Crippen LogP contribution in [0.4, 0.5) is 10.2 Å². The highest BCUT2D eigenvalue weighted by Gasteiger charge is 2.28. The van der Waals surface area contributed by atoms with Gasteiger partial charge in [-0.25, -0.2) is 19.0 Å². The van der Waals surface area contributed by atoms with Crippen molar-refractivity contribution in [3.05, 3.63) is 76.2 Å². The number of nitrogens with zero attached hydrogens (tertiary/aromatic N) is 6. The molecule has 0 aliphatic heterocycles. The molecule has 32 heavy (non-hydrogen) atoms. The smallest absolute Gasteiger partial charge is 0.277 e. The van der Waals surface area contributed by atoms with E-state index in [1.165, 1.54) is 10.7 Å². The number of hydrogen-bond acceptors (Lipinski definition) is 5. The summed E-state index contributed by atoms with van der Waals surface area (Å²) in [4.78, 5) is 22.2. The fourth-order valence-electron chi connectivity index (χ4n) is 4.16. The number of aromatic nitrogens is 6. The van der Waals surface area contributed by atoms with Gasteiger partial charge in [0.2, 0.25) is 0 Å². The fourth-order valence-corrected chi connectivity index (χ4v) is 4.16. The number of aryl methyl sites for hydroxylation is 3. The number of amides is 1. The largest absolute Gasteiger partial charge is 0.305 e. The van der Waals surface area contributed by atoms with E-state index in [9.17, 15) is 9.18 Å². The molecule has 162 valence electrons. The summed E-state index contributed by atoms with van der Waals surface area (Å²) in [7, 11) is 0. The van der Waals surface area contributed by atoms with Crippen molar-refractivity contribution >= 4 is 11.7 Å². The predicted octanol–water partition coefficient (Wildman–Crippen LogP) is 3.65. The number of nitrogens with one attached hydrogen (secondary N) is 1. The van der Waals surface area contributed by atoms with Crippen LogP contribution in [0.2, 0.25) is 0 Å². The normalized spacial score (nSPS) is 12.8. The molecule has 0 saturated carbocycles. The van der Waals surface area contributed by atoms with Crippen LogP contribution in [0, 0.1) is 26.6 Å². The maximum Gasteiger partial charge on any atom is 0.277 e. The number of benzene rings is 1. The Balaban J connectivity index is 1.52. The van der Waals surface area contributed by atoms with Crippen molar-refractivity contribution < 1.29 is 9.18 Å². The van der Waals surface area contributed by atoms with Crippen LogP contribution in [0.1, 0.15) is 45.2 Å². The zero-order chi connectivity index (χ0) is 22.4. The summed E-state index contributed by atoms with van der Waals surface area (Å²) in [5.41, 5.74) is 4.70. The topological polar surface area (TPSA) is 90.5 Å². The fraction of sp³-hybridized carbons (Fsp3) is 0.261. The van der Waals surface area contributed by atoms with E-state index in [-0.39, 0.29) is 11.7 Å². The van der Waals surface area contributed by atoms with Gasteiger partial charge in [-0.3, -0.25) is 4.79 Å². The molecule has 4 aromatic rings. The Bertz CT molecular complexity index is 1330. The SMILES string of the molecule is Cc1cc(C)nc(-n2nc(C)cc2NC(=O)c2nn(-c3ccccc3F)c3c2CCC3)n1. The molecule has 0 atom stereocenters. The Morgan fingerprint density at radius 2 is 1.72 bits per heavy atom. The zero-order valence-electron chi connectivity index (χ0n) is 18.1. The van der Waals surface area contributed by atoms with E-state index in [0.29, 0.717) is 28.8 Å². The minimum absolute atomic E-state index is 0.299. The van der Waals surface area contributed by atoms with Crippen LogP contribution in [0.3, 0.4) is 0 Å². The summed E-state index contributed by atoms with van der Waals surface area (Å²) in [5, 5.41) is 11.9. The molecule has 1 aliphatic carbocycles. The first kappa shape index (κ1) is 20.0. The molecule has 9 heteroatoms. The molecule has 0 unspecified atom stereocenters. The van der Waals surface area contributed by atoms with E-state index in [1.807, 2.05) is 26.8 Å². The van der Waals surface area contributed by atoms with Crippen LogP contribution in [0.15, 0.2) is 36.4 Å². The minimum Gasteiger partial charge on any atom is -0.305 e. The van der Waals surface area contributed by atoms with Crippen molar-refractivity contribution in [3.8, 4) is 11.6 Å². The van der Waals surface area contributed by atoms with Crippen molar-refractivity contribution in [2.45, 2.75) is 40.0 Å². The number of hydrogen-bond donors (Lipinski definition) is 1. The van der Waals surface area contributed by atoms with Crippen molar-refractivity contribution in [1.82, 2.24) is 29.5 Å². The van der Waals surface area contributed by atoms with Gasteiger partial charge in [-0.15, -0.1) is 0 Å². The average Bonchev–Trinajstić information content (AvgIpc) is 3.43. The van der Waals surface area contributed by atoms with Gasteiger partial charge in [0.05, 0.1) is 5.69 Å². The maximum atomic E-state index is 14.4. The molecule has 0 radical (unpaired) electrons. The van der Waals surface area contributed by atoms with Crippen molar-refractivity contribution in [2.24, 2.45) is 0 Å². The summed E-state index contributed by atoms with van der Waals surface area (Å²) in [6.45, 7) is 5.59. The van der Waals surface area contributed by atoms with Gasteiger partial charge >= 0.3 is 0 Å². The summed E-state index contributed by atoms with van der Waals surface area (Å²) in [6, 6.07) is 10.1. The van der Waals surface area contributed by atoms with Gasteiger partial charge in [0.25, 0.3) is 11.9 Å². The van der Waals surface area contributed by atoms with E-state index in [4.69, 9.17) is 0 Å². The molecular formula is C23H22FN7O. The third-order valence-electron chi connectivity index (χ3n) is 5.46. The molecule has 3 aromatic heterocycles. The van der Waals surface area contributed by atoms with Gasteiger partial charge in [0.1, 0.15) is 17.3 Å². The summed E-state index contributed by atoms with van der Waals surface area (Å²) in [6.07, 6.45) is 2.37. The molecule has 3 heterocycles. The lowest BCUT2D eigenvalue weighted by molar-refractivity contribution is 0.102. The lowest BCUT2D eigenvalue weighted by Crippen LogP contribution is -2.18. The van der Waals surface area contributed by atoms with Crippen LogP contribution in [0.5, 0.6) is 0 Å². The van der Waals surface area contributed by atoms with Gasteiger partial charge < -0.3 is 5.32 Å². The van der Waals surface area contributed by atoms with Crippen LogP contribution in [0.25, 0.3) is 11.6 Å². The lowest BCUT2D eigenvalue weighted by Gasteiger charge is -2.08. The molecule has 5 rings (SSSR count). The molecule has 8 nitrogen and oxygen atoms in total. The van der Waals surface area contributed by atoms with Crippen LogP contribution < -0.4 is 5.32 Å². The van der Waals surface area contributed by atoms with Gasteiger partial charge in [-0.2, -0.15) is 14.9 Å². The van der Waals surface area contributed by atoms with Crippen LogP contribution >= 0.6 is 0 Å². The summed E-state index contributed by atoms with van der Waals surface area (Å²) in [5.74, 6) is 0.0822. The molecular weight excluding hydrogens is 409 g/mol. The molecule has 1 amide bonds. The second-order valence-corrected chi connectivity index (χ2v) is 7.98. The van der Waals surface area contributed by atoms with E-state index in [0.717, 1.165) is 41.9 Å². The lowest BCUT2D eigenvalue weighted by atomic mass is 10.2. The second kappa shape index (κ2) is 7.67. The van der Waals surface area contributed by atoms with Gasteiger partial charge in [0, 0.05) is 28.7 Å². The van der Waals surface area contributed by atoms with Crippen molar-refractivity contribution in [2.75, 3.05) is 5.32 Å². The molecule has 0 fully saturated rings. The first-order valence-electron chi connectivity index (χ1n) is 10.5. The average molecular weight is 431 g/mol. The third-order valence-corrected chi connectivity index (χ3v) is 5.46. The molecule has 0 saturated heterocycles. The number of halogens is 1. The number of anilines is 1. The quantitative estimate of drug-likeness (QED) is 0.533. The number of rotatable bonds is 4. The Morgan fingerprint density at radius 1 is 0.969 bits per heavy atom.